The van der Waals surface area contributed by atoms with Crippen LogP contribution in [0.15, 0.2) is 16.7 Å². The van der Waals surface area contributed by atoms with Crippen molar-refractivity contribution < 1.29 is 23.8 Å². The lowest BCUT2D eigenvalue weighted by molar-refractivity contribution is -0.154. The zero-order chi connectivity index (χ0) is 14.0. The first kappa shape index (κ1) is 13.6. The van der Waals surface area contributed by atoms with Gasteiger partial charge in [0.15, 0.2) is 6.10 Å². The number of carboxylic acids is 1. The number of nitrogens with zero attached hydrogens (tertiary/aromatic N) is 1. The Morgan fingerprint density at radius 1 is 1.42 bits per heavy atom. The third-order valence-corrected chi connectivity index (χ3v) is 3.32. The summed E-state index contributed by atoms with van der Waals surface area (Å²) in [5.41, 5.74) is 0.934. The zero-order valence-electron chi connectivity index (χ0n) is 11.0. The molecule has 2 rings (SSSR count). The van der Waals surface area contributed by atoms with E-state index in [4.69, 9.17) is 14.3 Å². The van der Waals surface area contributed by atoms with Gasteiger partial charge in [-0.15, -0.1) is 0 Å². The summed E-state index contributed by atoms with van der Waals surface area (Å²) in [4.78, 5) is 24.4. The lowest BCUT2D eigenvalue weighted by Gasteiger charge is -2.20. The van der Waals surface area contributed by atoms with Crippen molar-refractivity contribution >= 4 is 11.9 Å². The molecule has 19 heavy (non-hydrogen) atoms. The van der Waals surface area contributed by atoms with Crippen molar-refractivity contribution in [1.82, 2.24) is 4.90 Å². The molecule has 1 aromatic heterocycles. The van der Waals surface area contributed by atoms with Crippen LogP contribution in [-0.2, 0) is 20.9 Å². The van der Waals surface area contributed by atoms with Gasteiger partial charge >= 0.3 is 5.97 Å². The van der Waals surface area contributed by atoms with Crippen molar-refractivity contribution in [3.63, 3.8) is 0 Å². The summed E-state index contributed by atoms with van der Waals surface area (Å²) in [6.45, 7) is 2.26. The van der Waals surface area contributed by atoms with Gasteiger partial charge in [0.1, 0.15) is 11.9 Å². The Hall–Kier alpha value is -1.82. The van der Waals surface area contributed by atoms with E-state index in [-0.39, 0.29) is 5.91 Å². The topological polar surface area (TPSA) is 80.0 Å². The monoisotopic (exact) mass is 267 g/mol. The van der Waals surface area contributed by atoms with Crippen molar-refractivity contribution in [1.29, 1.82) is 0 Å². The quantitative estimate of drug-likeness (QED) is 0.886. The average molecular weight is 267 g/mol. The Morgan fingerprint density at radius 3 is 2.63 bits per heavy atom. The first-order valence-electron chi connectivity index (χ1n) is 6.15. The number of carboxylic acid groups (broad SMARTS) is 1. The van der Waals surface area contributed by atoms with E-state index in [1.165, 1.54) is 4.90 Å². The second-order valence-electron chi connectivity index (χ2n) is 4.73. The van der Waals surface area contributed by atoms with Gasteiger partial charge < -0.3 is 19.2 Å². The van der Waals surface area contributed by atoms with Crippen molar-refractivity contribution in [3.8, 4) is 0 Å². The molecule has 2 atom stereocenters. The summed E-state index contributed by atoms with van der Waals surface area (Å²) < 4.78 is 10.4. The molecule has 1 saturated heterocycles. The van der Waals surface area contributed by atoms with Gasteiger partial charge in [-0.25, -0.2) is 4.79 Å². The fourth-order valence-electron chi connectivity index (χ4n) is 2.16. The second kappa shape index (κ2) is 5.44. The fourth-order valence-corrected chi connectivity index (χ4v) is 2.16. The van der Waals surface area contributed by atoms with Gasteiger partial charge in [0.25, 0.3) is 5.91 Å². The highest BCUT2D eigenvalue weighted by atomic mass is 16.5. The molecule has 1 aliphatic rings. The highest BCUT2D eigenvalue weighted by Crippen LogP contribution is 2.22. The first-order valence-corrected chi connectivity index (χ1v) is 6.15. The summed E-state index contributed by atoms with van der Waals surface area (Å²) in [6, 6.07) is 1.81. The van der Waals surface area contributed by atoms with Crippen LogP contribution in [0.3, 0.4) is 0 Å². The highest BCUT2D eigenvalue weighted by Gasteiger charge is 2.36. The number of aliphatic carboxylic acids is 1. The Kier molecular flexibility index (Phi) is 3.90. The minimum absolute atomic E-state index is 0.190. The number of hydrogen-bond donors (Lipinski definition) is 1. The van der Waals surface area contributed by atoms with Gasteiger partial charge in [0, 0.05) is 19.2 Å². The van der Waals surface area contributed by atoms with E-state index in [2.05, 4.69) is 0 Å². The van der Waals surface area contributed by atoms with Gasteiger partial charge in [-0.3, -0.25) is 4.79 Å². The molecule has 1 aliphatic heterocycles. The normalized spacial score (nSPS) is 22.4. The van der Waals surface area contributed by atoms with Crippen LogP contribution in [0, 0.1) is 6.92 Å². The SMILES string of the molecule is Cc1occc1CN(C)C(=O)[C@@H]1CC[C@H](C(=O)O)O1. The van der Waals surface area contributed by atoms with E-state index in [9.17, 15) is 9.59 Å². The number of aryl methyl sites for hydroxylation is 1. The van der Waals surface area contributed by atoms with E-state index < -0.39 is 18.2 Å². The maximum atomic E-state index is 12.1. The number of ether oxygens (including phenoxy) is 1. The molecular weight excluding hydrogens is 250 g/mol. The standard InChI is InChI=1S/C13H17NO5/c1-8-9(5-6-18-8)7-14(2)12(15)10-3-4-11(19-10)13(16)17/h5-6,10-11H,3-4,7H2,1-2H3,(H,16,17)/t10-,11+/m0/s1. The van der Waals surface area contributed by atoms with Crippen molar-refractivity contribution in [2.24, 2.45) is 0 Å². The summed E-state index contributed by atoms with van der Waals surface area (Å²) >= 11 is 0. The minimum atomic E-state index is -1.01. The molecule has 1 N–H and O–H groups in total. The van der Waals surface area contributed by atoms with E-state index in [1.54, 1.807) is 13.3 Å². The Bertz CT molecular complexity index is 481. The van der Waals surface area contributed by atoms with Crippen LogP contribution < -0.4 is 0 Å². The number of hydrogen-bond acceptors (Lipinski definition) is 4. The van der Waals surface area contributed by atoms with Crippen molar-refractivity contribution in [2.45, 2.75) is 38.5 Å². The molecule has 1 fully saturated rings. The first-order chi connectivity index (χ1) is 8.99. The molecular formula is C13H17NO5. The number of rotatable bonds is 4. The average Bonchev–Trinajstić information content (AvgIpc) is 2.98. The third kappa shape index (κ3) is 2.96. The molecule has 0 saturated carbocycles. The third-order valence-electron chi connectivity index (χ3n) is 3.32. The van der Waals surface area contributed by atoms with Gasteiger partial charge in [0.05, 0.1) is 6.26 Å². The van der Waals surface area contributed by atoms with E-state index >= 15 is 0 Å². The fraction of sp³-hybridized carbons (Fsp3) is 0.538. The van der Waals surface area contributed by atoms with E-state index in [0.717, 1.165) is 11.3 Å². The molecule has 1 aromatic rings. The summed E-state index contributed by atoms with van der Waals surface area (Å²) in [5, 5.41) is 8.83. The number of furan rings is 1. The van der Waals surface area contributed by atoms with E-state index in [1.807, 2.05) is 13.0 Å². The van der Waals surface area contributed by atoms with Crippen LogP contribution >= 0.6 is 0 Å². The number of carbonyl (C=O) groups excluding carboxylic acids is 1. The maximum Gasteiger partial charge on any atom is 0.332 e. The molecule has 0 bridgehead atoms. The minimum Gasteiger partial charge on any atom is -0.479 e. The Morgan fingerprint density at radius 2 is 2.11 bits per heavy atom. The predicted molar refractivity (Wildman–Crippen MR) is 65.4 cm³/mol. The van der Waals surface area contributed by atoms with Crippen LogP contribution in [0.25, 0.3) is 0 Å². The molecule has 0 radical (unpaired) electrons. The molecule has 2 heterocycles. The molecule has 104 valence electrons. The Balaban J connectivity index is 1.93. The number of carbonyl (C=O) groups is 2. The molecule has 0 aliphatic carbocycles. The summed E-state index contributed by atoms with van der Waals surface area (Å²) in [6.07, 6.45) is 0.890. The van der Waals surface area contributed by atoms with Gasteiger partial charge in [-0.2, -0.15) is 0 Å². The maximum absolute atomic E-state index is 12.1. The van der Waals surface area contributed by atoms with Crippen LogP contribution in [-0.4, -0.2) is 41.1 Å². The van der Waals surface area contributed by atoms with Crippen LogP contribution in [0.1, 0.15) is 24.2 Å². The van der Waals surface area contributed by atoms with E-state index in [0.29, 0.717) is 19.4 Å². The zero-order valence-corrected chi connectivity index (χ0v) is 11.0. The van der Waals surface area contributed by atoms with Gasteiger partial charge in [-0.05, 0) is 25.8 Å². The largest absolute Gasteiger partial charge is 0.479 e. The van der Waals surface area contributed by atoms with Crippen LogP contribution in [0.5, 0.6) is 0 Å². The van der Waals surface area contributed by atoms with Crippen LogP contribution in [0.2, 0.25) is 0 Å². The lowest BCUT2D eigenvalue weighted by Crippen LogP contribution is -2.36. The molecule has 1 amide bonds. The summed E-state index contributed by atoms with van der Waals surface area (Å²) in [5.74, 6) is -0.427. The molecule has 0 aromatic carbocycles. The van der Waals surface area contributed by atoms with Crippen molar-refractivity contribution in [3.05, 3.63) is 23.7 Å². The highest BCUT2D eigenvalue weighted by molar-refractivity contribution is 5.82. The predicted octanol–water partition coefficient (Wildman–Crippen LogP) is 1.18. The number of likely N-dealkylation sites (N-methyl/N-ethyl adjacent to an activating group) is 1. The Labute approximate surface area is 110 Å². The van der Waals surface area contributed by atoms with Gasteiger partial charge in [-0.1, -0.05) is 0 Å². The molecule has 0 spiro atoms. The second-order valence-corrected chi connectivity index (χ2v) is 4.73. The molecule has 0 unspecified atom stereocenters. The number of amides is 1. The van der Waals surface area contributed by atoms with Crippen molar-refractivity contribution in [2.75, 3.05) is 7.05 Å². The molecule has 6 heteroatoms. The smallest absolute Gasteiger partial charge is 0.332 e. The summed E-state index contributed by atoms with van der Waals surface area (Å²) in [7, 11) is 1.67. The molecule has 6 nitrogen and oxygen atoms in total. The lowest BCUT2D eigenvalue weighted by atomic mass is 10.1. The van der Waals surface area contributed by atoms with Gasteiger partial charge in [0.2, 0.25) is 0 Å². The van der Waals surface area contributed by atoms with Crippen LogP contribution in [0.4, 0.5) is 0 Å².